The molecule has 0 saturated carbocycles. The molecule has 2 aliphatic heterocycles. The van der Waals surface area contributed by atoms with E-state index in [1.165, 1.54) is 38.0 Å². The van der Waals surface area contributed by atoms with E-state index in [-0.39, 0.29) is 83.6 Å². The minimum Gasteiger partial charge on any atom is -0.487 e. The van der Waals surface area contributed by atoms with Crippen molar-refractivity contribution in [3.63, 3.8) is 0 Å². The van der Waals surface area contributed by atoms with E-state index in [4.69, 9.17) is 23.7 Å². The predicted octanol–water partition coefficient (Wildman–Crippen LogP) is 12.8. The van der Waals surface area contributed by atoms with E-state index in [2.05, 4.69) is 31.0 Å². The average Bonchev–Trinajstić information content (AvgIpc) is 1.63. The molecular weight excluding hydrogens is 1460 g/mol. The van der Waals surface area contributed by atoms with Crippen LogP contribution in [0.2, 0.25) is 0 Å². The van der Waals surface area contributed by atoms with Crippen molar-refractivity contribution in [2.24, 2.45) is 33.7 Å². The number of likely N-dealkylation sites (tertiary alicyclic amines) is 2. The number of hydrogen-bond donors (Lipinski definition) is 2. The number of nitrogens with one attached hydrogen (secondary N) is 2. The van der Waals surface area contributed by atoms with Crippen LogP contribution in [0.5, 0.6) is 5.75 Å². The fourth-order valence-corrected chi connectivity index (χ4v) is 15.6. The Morgan fingerprint density at radius 1 is 0.600 bits per heavy atom. The zero-order valence-corrected chi connectivity index (χ0v) is 67.6. The summed E-state index contributed by atoms with van der Waals surface area (Å²) < 4.78 is 29.9. The Balaban J connectivity index is 0.772. The molecule has 11 rings (SSSR count). The van der Waals surface area contributed by atoms with Gasteiger partial charge in [0.15, 0.2) is 11.6 Å². The molecule has 2 N–H and O–H groups in total. The lowest BCUT2D eigenvalue weighted by Gasteiger charge is -2.37. The van der Waals surface area contributed by atoms with Gasteiger partial charge in [-0.3, -0.25) is 43.3 Å². The van der Waals surface area contributed by atoms with Crippen molar-refractivity contribution in [2.45, 2.75) is 181 Å². The second-order valence-electron chi connectivity index (χ2n) is 33.5. The monoisotopic (exact) mass is 1570 g/mol. The number of rotatable bonds is 30. The molecule has 1 unspecified atom stereocenters. The van der Waals surface area contributed by atoms with Crippen molar-refractivity contribution in [2.75, 3.05) is 41.0 Å². The normalized spacial score (nSPS) is 17.6. The number of carbonyl (C=O) groups excluding carboxylic acids is 10. The first-order valence-electron chi connectivity index (χ1n) is 39.0. The Morgan fingerprint density at radius 2 is 1.14 bits per heavy atom. The number of esters is 3. The Hall–Kier alpha value is -11.8. The summed E-state index contributed by atoms with van der Waals surface area (Å²) in [6.07, 6.45) is 0.153. The Labute approximate surface area is 669 Å². The number of Topliss-reactive ketones (excluding diaryl/α,β-unsaturated/α-hetero) is 2. The maximum atomic E-state index is 15.3. The number of aromatic nitrogens is 3. The standard InChI is InChI=1S/C89H103N11O15/c1-53(97(11)86(110)115-89(8,9)10)80(104)92-79(88(5,6)7)83(107)99-50-65(46-75(99)77(102)44-62(84(108)111-12)41-56-31-35-58-23-15-17-25-60(58)39-56)100-49-64(94-96-100)51-113-66-36-32-54(33-37-66)42-73(85(109)112-13)91-81(105)61(40-55-30-34-57-22-14-16-24-59(57)38-55)43-76(101)74-45-63(93-95-90)48-98(74)82(106)72(87(2,3)4)47-78(103)114-52-71-69-28-20-18-26-67(69)68-27-19-21-29-70(68)71/h14-39,49,53,61-63,65,71-75,79H,40-48,50-52H2,1-13H3,(H,91,105)(H,92,104)/t53-,61?,62+,63-,65-,72+,73-,74-,75-,79+/m0/s1. The number of amides is 5. The number of ketones is 2. The predicted molar refractivity (Wildman–Crippen MR) is 431 cm³/mol. The first-order valence-corrected chi connectivity index (χ1v) is 39.0. The van der Waals surface area contributed by atoms with Crippen LogP contribution in [0, 0.1) is 28.6 Å². The fourth-order valence-electron chi connectivity index (χ4n) is 15.6. The van der Waals surface area contributed by atoms with Crippen molar-refractivity contribution >= 4 is 80.7 Å². The molecular formula is C89H103N11O15. The van der Waals surface area contributed by atoms with Gasteiger partial charge in [-0.2, -0.15) is 0 Å². The van der Waals surface area contributed by atoms with Crippen LogP contribution in [0.4, 0.5) is 4.79 Å². The third-order valence-electron chi connectivity index (χ3n) is 22.1. The number of carbonyl (C=O) groups is 10. The van der Waals surface area contributed by atoms with Crippen LogP contribution in [-0.4, -0.2) is 172 Å². The third-order valence-corrected chi connectivity index (χ3v) is 22.1. The molecule has 5 amide bonds. The molecule has 0 bridgehead atoms. The Morgan fingerprint density at radius 3 is 1.70 bits per heavy atom. The van der Waals surface area contributed by atoms with Crippen LogP contribution in [0.15, 0.2) is 169 Å². The largest absolute Gasteiger partial charge is 0.487 e. The van der Waals surface area contributed by atoms with Crippen LogP contribution < -0.4 is 15.4 Å². The molecule has 604 valence electrons. The van der Waals surface area contributed by atoms with Gasteiger partial charge in [-0.15, -0.1) is 5.10 Å². The maximum Gasteiger partial charge on any atom is 0.410 e. The van der Waals surface area contributed by atoms with E-state index in [0.717, 1.165) is 59.8 Å². The molecule has 0 spiro atoms. The summed E-state index contributed by atoms with van der Waals surface area (Å²) in [5, 5.41) is 22.4. The molecule has 7 aromatic carbocycles. The number of benzene rings is 7. The summed E-state index contributed by atoms with van der Waals surface area (Å²) in [4.78, 5) is 151. The highest BCUT2D eigenvalue weighted by Gasteiger charge is 2.49. The van der Waals surface area contributed by atoms with Gasteiger partial charge in [0, 0.05) is 56.1 Å². The van der Waals surface area contributed by atoms with Crippen molar-refractivity contribution in [1.29, 1.82) is 0 Å². The lowest BCUT2D eigenvalue weighted by atomic mass is 9.77. The van der Waals surface area contributed by atoms with Gasteiger partial charge in [0.05, 0.1) is 62.8 Å². The van der Waals surface area contributed by atoms with Crippen molar-refractivity contribution in [1.82, 2.24) is 40.3 Å². The number of likely N-dealkylation sites (N-methyl/N-ethyl adjacent to an activating group) is 1. The first kappa shape index (κ1) is 84.1. The number of nitrogens with zero attached hydrogens (tertiary/aromatic N) is 9. The summed E-state index contributed by atoms with van der Waals surface area (Å²) in [6.45, 7) is 17.3. The van der Waals surface area contributed by atoms with Crippen molar-refractivity contribution in [3.05, 3.63) is 208 Å². The molecule has 26 heteroatoms. The molecule has 2 fully saturated rings. The summed E-state index contributed by atoms with van der Waals surface area (Å²) in [6, 6.07) is 42.6. The number of methoxy groups -OCH3 is 2. The third kappa shape index (κ3) is 20.6. The summed E-state index contributed by atoms with van der Waals surface area (Å²) in [5.74, 6) is -7.98. The Kier molecular flexibility index (Phi) is 26.4. The highest BCUT2D eigenvalue weighted by atomic mass is 16.6. The second kappa shape index (κ2) is 36.1. The van der Waals surface area contributed by atoms with Gasteiger partial charge < -0.3 is 44.1 Å². The lowest BCUT2D eigenvalue weighted by molar-refractivity contribution is -0.153. The van der Waals surface area contributed by atoms with Crippen molar-refractivity contribution < 1.29 is 71.6 Å². The lowest BCUT2D eigenvalue weighted by Crippen LogP contribution is -2.59. The molecule has 3 aliphatic rings. The zero-order valence-electron chi connectivity index (χ0n) is 67.6. The zero-order chi connectivity index (χ0) is 82.8. The SMILES string of the molecule is COC(=O)[C@@H](CC(=O)[C@@H]1C[C@H](n2cc(COc3ccc(C[C@H](NC(=O)C(CC(=O)[C@@H]4C[C@H](N=[N+]=[N-])CN4C(=O)[C@@H](CC(=O)OCC4c5ccccc5-c5ccccc54)C(C)(C)C)Cc4ccc5ccccc5c4)C(=O)OC)cc3)nn2)CN1C(=O)[C@@H](NC(=O)[C@H](C)N(C)C(=O)OC(C)(C)C)C(C)(C)C)Cc1ccc2ccccc2c1. The second-order valence-corrected chi connectivity index (χ2v) is 33.5. The van der Waals surface area contributed by atoms with Gasteiger partial charge >= 0.3 is 24.0 Å². The first-order chi connectivity index (χ1) is 54.7. The van der Waals surface area contributed by atoms with Crippen molar-refractivity contribution in [3.8, 4) is 16.9 Å². The molecule has 1 aromatic heterocycles. The summed E-state index contributed by atoms with van der Waals surface area (Å²) in [5.41, 5.74) is 13.8. The topological polar surface area (TPSA) is 330 Å². The molecule has 3 heterocycles. The van der Waals surface area contributed by atoms with E-state index in [0.29, 0.717) is 17.0 Å². The van der Waals surface area contributed by atoms with Crippen LogP contribution in [0.1, 0.15) is 147 Å². The van der Waals surface area contributed by atoms with Crippen LogP contribution in [0.3, 0.4) is 0 Å². The van der Waals surface area contributed by atoms with Gasteiger partial charge in [-0.25, -0.2) is 14.3 Å². The number of ether oxygens (including phenoxy) is 5. The van der Waals surface area contributed by atoms with E-state index in [9.17, 15) is 34.3 Å². The molecule has 10 atom stereocenters. The van der Waals surface area contributed by atoms with Gasteiger partial charge in [0.1, 0.15) is 48.4 Å². The smallest absolute Gasteiger partial charge is 0.410 e. The molecule has 2 saturated heterocycles. The average molecular weight is 1570 g/mol. The van der Waals surface area contributed by atoms with Crippen LogP contribution in [0.25, 0.3) is 43.1 Å². The van der Waals surface area contributed by atoms with Crippen LogP contribution >= 0.6 is 0 Å². The van der Waals surface area contributed by atoms with Gasteiger partial charge in [-0.1, -0.05) is 197 Å². The summed E-state index contributed by atoms with van der Waals surface area (Å²) in [7, 11) is 3.90. The molecule has 115 heavy (non-hydrogen) atoms. The molecule has 0 radical (unpaired) electrons. The van der Waals surface area contributed by atoms with Gasteiger partial charge in [-0.05, 0) is 142 Å². The highest BCUT2D eigenvalue weighted by molar-refractivity contribution is 5.98. The fraction of sp³-hybridized carbons (Fsp3) is 0.438. The molecule has 8 aromatic rings. The van der Waals surface area contributed by atoms with Crippen LogP contribution in [-0.2, 0) is 88.0 Å². The van der Waals surface area contributed by atoms with E-state index < -0.39 is 136 Å². The van der Waals surface area contributed by atoms with E-state index >= 15 is 19.2 Å². The summed E-state index contributed by atoms with van der Waals surface area (Å²) >= 11 is 0. The quantitative estimate of drug-likeness (QED) is 0.0139. The van der Waals surface area contributed by atoms with E-state index in [1.54, 1.807) is 76.7 Å². The minimum absolute atomic E-state index is 0.0293. The number of azide groups is 1. The highest BCUT2D eigenvalue weighted by Crippen LogP contribution is 2.45. The molecule has 26 nitrogen and oxygen atoms in total. The maximum absolute atomic E-state index is 15.3. The van der Waals surface area contributed by atoms with E-state index in [1.807, 2.05) is 154 Å². The molecule has 1 aliphatic carbocycles. The Bertz CT molecular complexity index is 4950. The minimum atomic E-state index is -1.25. The number of fused-ring (bicyclic) bond motifs is 5. The van der Waals surface area contributed by atoms with Gasteiger partial charge in [0.2, 0.25) is 23.6 Å². The number of hydrogen-bond acceptors (Lipinski definition) is 18. The van der Waals surface area contributed by atoms with Gasteiger partial charge in [0.25, 0.3) is 0 Å².